The number of nitrogens with one attached hydrogen (secondary N) is 2. The van der Waals surface area contributed by atoms with Crippen LogP contribution < -0.4 is 10.6 Å². The molecule has 650 valence electrons. The molecule has 0 aromatic carbocycles. The van der Waals surface area contributed by atoms with Crippen LogP contribution in [0.25, 0.3) is 0 Å². The molecule has 0 aliphatic carbocycles. The molecule has 0 heterocycles. The van der Waals surface area contributed by atoms with Crippen LogP contribution >= 0.6 is 15.6 Å². The van der Waals surface area contributed by atoms with Gasteiger partial charge in [0, 0.05) is 65.0 Å². The summed E-state index contributed by atoms with van der Waals surface area (Å²) in [5, 5.41) is 34.1. The largest absolute Gasteiger partial charge is 0.480 e. The summed E-state index contributed by atoms with van der Waals surface area (Å²) in [7, 11) is -9.73. The predicted octanol–water partition coefficient (Wildman–Crippen LogP) is 15.4. The van der Waals surface area contributed by atoms with E-state index < -0.39 is 154 Å². The molecule has 0 aliphatic rings. The number of ether oxygens (including phenoxy) is 4. The maximum Gasteiger partial charge on any atom is 0.472 e. The number of aliphatic carboxylic acids is 3. The normalized spacial score (nSPS) is 13.2. The highest BCUT2D eigenvalue weighted by molar-refractivity contribution is 7.47. The van der Waals surface area contributed by atoms with Crippen LogP contribution in [0.5, 0.6) is 0 Å². The number of hydrogen-bond acceptors (Lipinski definition) is 22. The number of hydrogen-bond donors (Lipinski definition) is 7. The summed E-state index contributed by atoms with van der Waals surface area (Å²) in [5.41, 5.74) is 0. The van der Waals surface area contributed by atoms with Gasteiger partial charge < -0.3 is 54.7 Å². The zero-order valence-corrected chi connectivity index (χ0v) is 70.6. The number of amides is 2. The molecule has 0 saturated heterocycles. The van der Waals surface area contributed by atoms with Crippen molar-refractivity contribution in [2.75, 3.05) is 112 Å². The van der Waals surface area contributed by atoms with Crippen LogP contribution in [0.1, 0.15) is 336 Å². The SMILES string of the molecule is CCCCCCCCCCCCCC(=O)OC[C@H](COP(=O)(O)OCCNC(=O)CN(CCN(CCN(CC(=O)O)CC(=O)NCCOP(=O)(O)OC[C@@H](COC(=O)CCCCCCCCCCCCC)OC(=O)CCCCCCCCCCCCC)CC(=O)O)CC(=O)O)OC(=O)CCCCCCCCCCCCC. The number of unbranched alkanes of at least 4 members (excludes halogenated alkanes) is 40. The molecule has 2 amide bonds. The monoisotopic (exact) mass is 1630 g/mol. The average molecular weight is 1630 g/mol. The van der Waals surface area contributed by atoms with Crippen molar-refractivity contribution in [2.45, 2.75) is 348 Å². The van der Waals surface area contributed by atoms with Gasteiger partial charge in [0.15, 0.2) is 12.2 Å². The third-order valence-corrected chi connectivity index (χ3v) is 20.8. The second-order valence-corrected chi connectivity index (χ2v) is 32.4. The van der Waals surface area contributed by atoms with Gasteiger partial charge in [-0.05, 0) is 25.7 Å². The Balaban J connectivity index is 5.48. The number of phosphoric acid groups is 2. The number of phosphoric ester groups is 2. The molecule has 7 N–H and O–H groups in total. The molecule has 0 radical (unpaired) electrons. The number of carbonyl (C=O) groups excluding carboxylic acids is 6. The smallest absolute Gasteiger partial charge is 0.472 e. The van der Waals surface area contributed by atoms with Gasteiger partial charge in [0.05, 0.1) is 59.2 Å². The maximum atomic E-state index is 13.1. The van der Waals surface area contributed by atoms with E-state index in [0.717, 1.165) is 103 Å². The van der Waals surface area contributed by atoms with E-state index in [0.29, 0.717) is 25.7 Å². The van der Waals surface area contributed by atoms with Crippen LogP contribution in [0.2, 0.25) is 0 Å². The van der Waals surface area contributed by atoms with E-state index in [9.17, 15) is 77.4 Å². The highest BCUT2D eigenvalue weighted by Crippen LogP contribution is 2.44. The van der Waals surface area contributed by atoms with Crippen LogP contribution in [0.15, 0.2) is 0 Å². The molecule has 0 spiro atoms. The van der Waals surface area contributed by atoms with Gasteiger partial charge in [-0.3, -0.25) is 75.9 Å². The highest BCUT2D eigenvalue weighted by Gasteiger charge is 2.29. The predicted molar refractivity (Wildman–Crippen MR) is 428 cm³/mol. The summed E-state index contributed by atoms with van der Waals surface area (Å²) >= 11 is 0. The van der Waals surface area contributed by atoms with Crippen LogP contribution in [-0.2, 0) is 89.3 Å². The molecule has 29 nitrogen and oxygen atoms in total. The van der Waals surface area contributed by atoms with Crippen molar-refractivity contribution >= 4 is 69.2 Å². The third-order valence-electron chi connectivity index (χ3n) is 18.9. The Morgan fingerprint density at radius 3 is 0.775 bits per heavy atom. The first kappa shape index (κ1) is 106. The van der Waals surface area contributed by atoms with Crippen molar-refractivity contribution in [1.29, 1.82) is 0 Å². The van der Waals surface area contributed by atoms with E-state index in [4.69, 9.17) is 37.0 Å². The Hall–Kier alpha value is -4.67. The number of esters is 4. The van der Waals surface area contributed by atoms with Crippen molar-refractivity contribution in [3.63, 3.8) is 0 Å². The zero-order valence-electron chi connectivity index (χ0n) is 68.8. The van der Waals surface area contributed by atoms with Crippen LogP contribution in [-0.4, -0.2) is 217 Å². The van der Waals surface area contributed by atoms with Gasteiger partial charge in [-0.1, -0.05) is 285 Å². The summed E-state index contributed by atoms with van der Waals surface area (Å²) in [4.78, 5) is 138. The molecule has 31 heteroatoms. The zero-order chi connectivity index (χ0) is 82.1. The molecule has 0 aromatic rings. The van der Waals surface area contributed by atoms with Crippen LogP contribution in [0, 0.1) is 0 Å². The van der Waals surface area contributed by atoms with E-state index in [1.54, 1.807) is 0 Å². The van der Waals surface area contributed by atoms with Gasteiger partial charge >= 0.3 is 57.4 Å². The lowest BCUT2D eigenvalue weighted by Gasteiger charge is -2.28. The Morgan fingerprint density at radius 2 is 0.523 bits per heavy atom. The minimum atomic E-state index is -4.87. The summed E-state index contributed by atoms with van der Waals surface area (Å²) < 4.78 is 68.5. The number of nitrogens with zero attached hydrogens (tertiary/aromatic N) is 3. The fourth-order valence-corrected chi connectivity index (χ4v) is 14.0. The number of carbonyl (C=O) groups is 9. The lowest BCUT2D eigenvalue weighted by atomic mass is 10.1. The molecule has 0 aromatic heterocycles. The Morgan fingerprint density at radius 1 is 0.297 bits per heavy atom. The van der Waals surface area contributed by atoms with Crippen molar-refractivity contribution in [3.05, 3.63) is 0 Å². The van der Waals surface area contributed by atoms with Gasteiger partial charge in [0.2, 0.25) is 11.8 Å². The van der Waals surface area contributed by atoms with Crippen LogP contribution in [0.4, 0.5) is 0 Å². The van der Waals surface area contributed by atoms with Gasteiger partial charge in [0.1, 0.15) is 13.2 Å². The topological polar surface area (TPSA) is 397 Å². The second-order valence-electron chi connectivity index (χ2n) is 29.5. The highest BCUT2D eigenvalue weighted by atomic mass is 31.2. The number of carboxylic acid groups (broad SMARTS) is 3. The number of rotatable bonds is 84. The van der Waals surface area contributed by atoms with Gasteiger partial charge in [-0.15, -0.1) is 0 Å². The van der Waals surface area contributed by atoms with E-state index in [-0.39, 0.29) is 65.0 Å². The van der Waals surface area contributed by atoms with Gasteiger partial charge in [-0.25, -0.2) is 9.13 Å². The average Bonchev–Trinajstić information content (AvgIpc) is 0.912. The molecule has 0 saturated carbocycles. The molecule has 0 aliphatic heterocycles. The first-order valence-electron chi connectivity index (χ1n) is 42.7. The molecule has 111 heavy (non-hydrogen) atoms. The van der Waals surface area contributed by atoms with Crippen molar-refractivity contribution in [1.82, 2.24) is 25.3 Å². The van der Waals surface area contributed by atoms with E-state index in [2.05, 4.69) is 38.3 Å². The fraction of sp³-hybridized carbons (Fsp3) is 0.887. The molecule has 0 rings (SSSR count). The molecule has 2 unspecified atom stereocenters. The maximum absolute atomic E-state index is 13.1. The number of carboxylic acids is 3. The Bertz CT molecular complexity index is 2330. The lowest BCUT2D eigenvalue weighted by Crippen LogP contribution is -2.47. The van der Waals surface area contributed by atoms with Crippen molar-refractivity contribution < 1.29 is 114 Å². The summed E-state index contributed by atoms with van der Waals surface area (Å²) in [5.74, 6) is -7.65. The Kier molecular flexibility index (Phi) is 71.0. The minimum Gasteiger partial charge on any atom is -0.480 e. The molecule has 4 atom stereocenters. The molecule has 0 bridgehead atoms. The lowest BCUT2D eigenvalue weighted by molar-refractivity contribution is -0.161. The van der Waals surface area contributed by atoms with E-state index in [1.165, 1.54) is 169 Å². The summed E-state index contributed by atoms with van der Waals surface area (Å²) in [6.07, 6.45) is 46.2. The molecule has 0 fully saturated rings. The first-order chi connectivity index (χ1) is 53.4. The quantitative estimate of drug-likeness (QED) is 0.0129. The minimum absolute atomic E-state index is 0.0856. The third kappa shape index (κ3) is 73.9. The summed E-state index contributed by atoms with van der Waals surface area (Å²) in [6, 6.07) is 0. The Labute approximate surface area is 665 Å². The van der Waals surface area contributed by atoms with Crippen LogP contribution in [0.3, 0.4) is 0 Å². The van der Waals surface area contributed by atoms with E-state index in [1.807, 2.05) is 0 Å². The van der Waals surface area contributed by atoms with Crippen molar-refractivity contribution in [2.24, 2.45) is 0 Å². The van der Waals surface area contributed by atoms with E-state index >= 15 is 0 Å². The molecular formula is C80H151N5O24P2. The standard InChI is InChI=1S/C80H151N5O24P2/c1-5-9-13-17-21-25-29-33-37-41-45-49-77(94)102-66-70(108-79(96)51-47-43-39-35-31-27-23-19-15-11-7-3)68-106-110(98,99)104-59-53-81-72(86)61-84(64-75(90)91)57-55-83(63-74(88)89)56-58-85(65-76(92)93)62-73(87)82-54-60-105-111(100,101)107-69-71(109-80(97)52-48-44-40-36-32-28-24-20-16-12-8-4)67-103-78(95)50-46-42-38-34-30-26-22-18-14-10-6-2/h70-71H,5-69H2,1-4H3,(H,81,86)(H,82,87)(H,88,89)(H,90,91)(H,92,93)(H,98,99)(H,100,101)/t70-,71-/m1/s1. The second kappa shape index (κ2) is 74.2. The molecular weight excluding hydrogens is 1480 g/mol. The summed E-state index contributed by atoms with van der Waals surface area (Å²) in [6.45, 7) is 1.02. The fourth-order valence-electron chi connectivity index (χ4n) is 12.5. The van der Waals surface area contributed by atoms with Gasteiger partial charge in [0.25, 0.3) is 0 Å². The first-order valence-corrected chi connectivity index (χ1v) is 45.7. The van der Waals surface area contributed by atoms with Crippen molar-refractivity contribution in [3.8, 4) is 0 Å². The van der Waals surface area contributed by atoms with Gasteiger partial charge in [-0.2, -0.15) is 0 Å².